The Kier molecular flexibility index (Phi) is 6.08. The minimum atomic E-state index is -3.80. The van der Waals surface area contributed by atoms with Crippen molar-refractivity contribution in [2.45, 2.75) is 51.3 Å². The first-order valence-corrected chi connectivity index (χ1v) is 11.3. The molecule has 5 nitrogen and oxygen atoms in total. The average molecular weight is 401 g/mol. The molecule has 0 unspecified atom stereocenters. The van der Waals surface area contributed by atoms with Gasteiger partial charge in [0.15, 0.2) is 0 Å². The molecule has 1 N–H and O–H groups in total. The van der Waals surface area contributed by atoms with E-state index in [1.807, 2.05) is 36.9 Å². The second-order valence-electron chi connectivity index (χ2n) is 7.61. The molecule has 1 fully saturated rings. The smallest absolute Gasteiger partial charge is 0.262 e. The molecule has 1 saturated heterocycles. The molecule has 0 bridgehead atoms. The van der Waals surface area contributed by atoms with Crippen molar-refractivity contribution in [1.29, 1.82) is 0 Å². The number of rotatable bonds is 4. The van der Waals surface area contributed by atoms with Crippen LogP contribution in [0.4, 0.5) is 5.69 Å². The molecule has 6 heteroatoms. The normalized spacial score (nSPS) is 15.2. The van der Waals surface area contributed by atoms with Crippen LogP contribution in [0.1, 0.15) is 52.7 Å². The number of anilines is 1. The van der Waals surface area contributed by atoms with Crippen LogP contribution in [-0.4, -0.2) is 32.3 Å². The molecule has 1 aliphatic heterocycles. The summed E-state index contributed by atoms with van der Waals surface area (Å²) < 4.78 is 28.8. The second-order valence-corrected chi connectivity index (χ2v) is 9.26. The molecule has 0 atom stereocenters. The number of carbonyl (C=O) groups is 1. The van der Waals surface area contributed by atoms with Gasteiger partial charge in [-0.1, -0.05) is 31.0 Å². The Morgan fingerprint density at radius 2 is 1.54 bits per heavy atom. The summed E-state index contributed by atoms with van der Waals surface area (Å²) in [5.41, 5.74) is 3.43. The summed E-state index contributed by atoms with van der Waals surface area (Å²) in [6.07, 6.45) is 4.27. The van der Waals surface area contributed by atoms with Gasteiger partial charge < -0.3 is 4.90 Å². The topological polar surface area (TPSA) is 66.5 Å². The van der Waals surface area contributed by atoms with Crippen LogP contribution < -0.4 is 4.72 Å². The molecule has 28 heavy (non-hydrogen) atoms. The maximum absolute atomic E-state index is 13.1. The van der Waals surface area contributed by atoms with Gasteiger partial charge in [-0.05, 0) is 68.5 Å². The number of likely N-dealkylation sites (tertiary alicyclic amines) is 1. The number of sulfonamides is 1. The van der Waals surface area contributed by atoms with Gasteiger partial charge in [0, 0.05) is 18.7 Å². The molecule has 1 heterocycles. The van der Waals surface area contributed by atoms with Crippen molar-refractivity contribution in [3.8, 4) is 0 Å². The third kappa shape index (κ3) is 4.55. The summed E-state index contributed by atoms with van der Waals surface area (Å²) in [6.45, 7) is 7.00. The number of hydrogen-bond acceptors (Lipinski definition) is 3. The number of hydrogen-bond donors (Lipinski definition) is 1. The Balaban J connectivity index is 1.91. The van der Waals surface area contributed by atoms with E-state index in [9.17, 15) is 13.2 Å². The van der Waals surface area contributed by atoms with Gasteiger partial charge in [0.1, 0.15) is 0 Å². The third-order valence-corrected chi connectivity index (χ3v) is 6.76. The van der Waals surface area contributed by atoms with Crippen molar-refractivity contribution in [3.05, 3.63) is 58.7 Å². The molecule has 150 valence electrons. The molecular formula is C22H28N2O3S. The molecule has 1 amide bonds. The number of nitrogens with one attached hydrogen (secondary N) is 1. The van der Waals surface area contributed by atoms with Crippen LogP contribution in [0.5, 0.6) is 0 Å². The summed E-state index contributed by atoms with van der Waals surface area (Å²) in [6, 6.07) is 10.6. The van der Waals surface area contributed by atoms with Crippen molar-refractivity contribution in [2.75, 3.05) is 17.8 Å². The van der Waals surface area contributed by atoms with E-state index in [0.717, 1.165) is 49.9 Å². The summed E-state index contributed by atoms with van der Waals surface area (Å²) in [5, 5.41) is 0. The summed E-state index contributed by atoms with van der Waals surface area (Å²) in [4.78, 5) is 14.9. The Morgan fingerprint density at radius 1 is 0.893 bits per heavy atom. The third-order valence-electron chi connectivity index (χ3n) is 5.26. The minimum Gasteiger partial charge on any atom is -0.339 e. The zero-order valence-corrected chi connectivity index (χ0v) is 17.6. The van der Waals surface area contributed by atoms with Gasteiger partial charge in [0.2, 0.25) is 0 Å². The van der Waals surface area contributed by atoms with Gasteiger partial charge in [-0.3, -0.25) is 9.52 Å². The first kappa shape index (κ1) is 20.4. The molecule has 0 aliphatic carbocycles. The molecule has 0 radical (unpaired) electrons. The van der Waals surface area contributed by atoms with E-state index in [1.54, 1.807) is 19.1 Å². The van der Waals surface area contributed by atoms with Crippen LogP contribution in [0, 0.1) is 20.8 Å². The van der Waals surface area contributed by atoms with E-state index in [1.165, 1.54) is 6.07 Å². The fourth-order valence-electron chi connectivity index (χ4n) is 3.52. The maximum atomic E-state index is 13.1. The number of benzene rings is 2. The van der Waals surface area contributed by atoms with E-state index in [0.29, 0.717) is 16.8 Å². The van der Waals surface area contributed by atoms with Crippen LogP contribution in [0.15, 0.2) is 41.3 Å². The zero-order valence-electron chi connectivity index (χ0n) is 16.8. The zero-order chi connectivity index (χ0) is 20.3. The maximum Gasteiger partial charge on any atom is 0.262 e. The summed E-state index contributed by atoms with van der Waals surface area (Å²) in [7, 11) is -3.80. The van der Waals surface area contributed by atoms with E-state index < -0.39 is 10.0 Å². The van der Waals surface area contributed by atoms with Crippen molar-refractivity contribution in [2.24, 2.45) is 0 Å². The lowest BCUT2D eigenvalue weighted by molar-refractivity contribution is 0.0761. The molecule has 2 aromatic carbocycles. The van der Waals surface area contributed by atoms with Crippen molar-refractivity contribution >= 4 is 21.6 Å². The van der Waals surface area contributed by atoms with E-state index in [-0.39, 0.29) is 10.8 Å². The van der Waals surface area contributed by atoms with Crippen LogP contribution in [-0.2, 0) is 10.0 Å². The Labute approximate surface area is 167 Å². The number of nitrogens with zero attached hydrogens (tertiary/aromatic N) is 1. The standard InChI is InChI=1S/C22H28N2O3S/c1-16-8-9-17(2)20(14-16)23-28(26,27)21-15-19(11-10-18(21)3)22(25)24-12-6-4-5-7-13-24/h8-11,14-15,23H,4-7,12-13H2,1-3H3. The molecular weight excluding hydrogens is 372 g/mol. The highest BCUT2D eigenvalue weighted by Gasteiger charge is 2.23. The van der Waals surface area contributed by atoms with E-state index in [2.05, 4.69) is 4.72 Å². The molecule has 3 rings (SSSR count). The molecule has 0 saturated carbocycles. The molecule has 2 aromatic rings. The highest BCUT2D eigenvalue weighted by Crippen LogP contribution is 2.24. The fourth-order valence-corrected chi connectivity index (χ4v) is 4.92. The largest absolute Gasteiger partial charge is 0.339 e. The second kappa shape index (κ2) is 8.35. The lowest BCUT2D eigenvalue weighted by atomic mass is 10.1. The molecule has 0 aromatic heterocycles. The average Bonchev–Trinajstić information content (AvgIpc) is 2.93. The quantitative estimate of drug-likeness (QED) is 0.826. The van der Waals surface area contributed by atoms with Gasteiger partial charge in [0.25, 0.3) is 15.9 Å². The lowest BCUT2D eigenvalue weighted by Crippen LogP contribution is -2.32. The van der Waals surface area contributed by atoms with Crippen molar-refractivity contribution < 1.29 is 13.2 Å². The number of carbonyl (C=O) groups excluding carboxylic acids is 1. The summed E-state index contributed by atoms with van der Waals surface area (Å²) in [5.74, 6) is -0.0925. The Hall–Kier alpha value is -2.34. The number of aryl methyl sites for hydroxylation is 3. The van der Waals surface area contributed by atoms with Gasteiger partial charge in [-0.2, -0.15) is 0 Å². The first-order chi connectivity index (χ1) is 13.3. The highest BCUT2D eigenvalue weighted by molar-refractivity contribution is 7.92. The molecule has 0 spiro atoms. The fraction of sp³-hybridized carbons (Fsp3) is 0.409. The minimum absolute atomic E-state index is 0.0925. The van der Waals surface area contributed by atoms with Gasteiger partial charge >= 0.3 is 0 Å². The molecule has 1 aliphatic rings. The Morgan fingerprint density at radius 3 is 2.21 bits per heavy atom. The highest BCUT2D eigenvalue weighted by atomic mass is 32.2. The van der Waals surface area contributed by atoms with Gasteiger partial charge in [-0.15, -0.1) is 0 Å². The van der Waals surface area contributed by atoms with Gasteiger partial charge in [-0.25, -0.2) is 8.42 Å². The van der Waals surface area contributed by atoms with Crippen LogP contribution in [0.25, 0.3) is 0 Å². The monoisotopic (exact) mass is 400 g/mol. The van der Waals surface area contributed by atoms with Gasteiger partial charge in [0.05, 0.1) is 10.6 Å². The SMILES string of the molecule is Cc1ccc(C)c(NS(=O)(=O)c2cc(C(=O)N3CCCCCC3)ccc2C)c1. The van der Waals surface area contributed by atoms with Crippen LogP contribution in [0.3, 0.4) is 0 Å². The predicted octanol–water partition coefficient (Wildman–Crippen LogP) is 4.43. The Bertz CT molecular complexity index is 975. The van der Waals surface area contributed by atoms with Crippen molar-refractivity contribution in [1.82, 2.24) is 4.90 Å². The number of amides is 1. The predicted molar refractivity (Wildman–Crippen MR) is 112 cm³/mol. The summed E-state index contributed by atoms with van der Waals surface area (Å²) >= 11 is 0. The first-order valence-electron chi connectivity index (χ1n) is 9.78. The van der Waals surface area contributed by atoms with E-state index >= 15 is 0 Å². The van der Waals surface area contributed by atoms with Crippen LogP contribution >= 0.6 is 0 Å². The lowest BCUT2D eigenvalue weighted by Gasteiger charge is -2.21. The van der Waals surface area contributed by atoms with E-state index in [4.69, 9.17) is 0 Å². The van der Waals surface area contributed by atoms with Crippen molar-refractivity contribution in [3.63, 3.8) is 0 Å². The van der Waals surface area contributed by atoms with Crippen LogP contribution in [0.2, 0.25) is 0 Å².